The molecule has 1 heterocycles. The molecule has 1 aromatic carbocycles. The molecule has 0 aromatic heterocycles. The minimum Gasteiger partial charge on any atom is -0.376 e. The van der Waals surface area contributed by atoms with E-state index in [0.29, 0.717) is 11.1 Å². The van der Waals surface area contributed by atoms with Crippen LogP contribution in [0.1, 0.15) is 45.4 Å². The second-order valence-corrected chi connectivity index (χ2v) is 9.84. The van der Waals surface area contributed by atoms with Gasteiger partial charge in [-0.25, -0.2) is 0 Å². The van der Waals surface area contributed by atoms with E-state index in [0.717, 1.165) is 49.6 Å². The summed E-state index contributed by atoms with van der Waals surface area (Å²) in [5.41, 5.74) is 2.20. The topological polar surface area (TPSA) is 70.4 Å². The molecular weight excluding hydrogens is 352 g/mol. The van der Waals surface area contributed by atoms with E-state index in [-0.39, 0.29) is 16.7 Å². The third kappa shape index (κ3) is 3.15. The summed E-state index contributed by atoms with van der Waals surface area (Å²) in [6.07, 6.45) is 8.18. The van der Waals surface area contributed by atoms with Gasteiger partial charge in [-0.3, -0.25) is 10.1 Å². The van der Waals surface area contributed by atoms with Crippen LogP contribution < -0.4 is 15.5 Å². The zero-order valence-corrected chi connectivity index (χ0v) is 16.8. The van der Waals surface area contributed by atoms with Crippen LogP contribution in [0.4, 0.5) is 17.1 Å². The number of hydrogen-bond acceptors (Lipinski definition) is 5. The van der Waals surface area contributed by atoms with Gasteiger partial charge in [-0.05, 0) is 80.8 Å². The fraction of sp³-hybridized carbons (Fsp3) is 0.727. The Kier molecular flexibility index (Phi) is 4.49. The van der Waals surface area contributed by atoms with E-state index in [2.05, 4.69) is 22.5 Å². The van der Waals surface area contributed by atoms with Crippen molar-refractivity contribution < 1.29 is 4.92 Å². The maximum absolute atomic E-state index is 11.8. The highest BCUT2D eigenvalue weighted by molar-refractivity contribution is 5.69. The van der Waals surface area contributed by atoms with Crippen molar-refractivity contribution >= 4 is 17.1 Å². The van der Waals surface area contributed by atoms with Crippen molar-refractivity contribution in [1.82, 2.24) is 5.32 Å². The number of nitro groups is 1. The van der Waals surface area contributed by atoms with Gasteiger partial charge in [-0.15, -0.1) is 0 Å². The molecule has 2 N–H and O–H groups in total. The lowest BCUT2D eigenvalue weighted by atomic mass is 9.48. The number of anilines is 2. The molecule has 0 unspecified atom stereocenters. The minimum absolute atomic E-state index is 0.215. The molecule has 1 aliphatic heterocycles. The Hall–Kier alpha value is -1.82. The number of nitro benzene ring substituents is 1. The van der Waals surface area contributed by atoms with Crippen molar-refractivity contribution in [2.45, 2.75) is 51.5 Å². The van der Waals surface area contributed by atoms with Gasteiger partial charge in [0.2, 0.25) is 0 Å². The van der Waals surface area contributed by atoms with Crippen LogP contribution >= 0.6 is 0 Å². The fourth-order valence-corrected chi connectivity index (χ4v) is 7.01. The predicted octanol–water partition coefficient (Wildman–Crippen LogP) is 4.02. The molecule has 5 aliphatic rings. The van der Waals surface area contributed by atoms with Gasteiger partial charge in [0, 0.05) is 44.0 Å². The summed E-state index contributed by atoms with van der Waals surface area (Å²) in [7, 11) is 0. The van der Waals surface area contributed by atoms with Gasteiger partial charge in [0.05, 0.1) is 4.92 Å². The maximum atomic E-state index is 11.8. The Morgan fingerprint density at radius 1 is 1.14 bits per heavy atom. The van der Waals surface area contributed by atoms with Gasteiger partial charge >= 0.3 is 0 Å². The van der Waals surface area contributed by atoms with Crippen LogP contribution in [0.25, 0.3) is 0 Å². The van der Waals surface area contributed by atoms with Crippen molar-refractivity contribution in [2.24, 2.45) is 23.2 Å². The van der Waals surface area contributed by atoms with Crippen molar-refractivity contribution in [3.8, 4) is 0 Å². The third-order valence-corrected chi connectivity index (χ3v) is 8.04. The monoisotopic (exact) mass is 384 g/mol. The fourth-order valence-electron chi connectivity index (χ4n) is 7.01. The molecule has 1 saturated heterocycles. The largest absolute Gasteiger partial charge is 0.376 e. The van der Waals surface area contributed by atoms with E-state index >= 15 is 0 Å². The Morgan fingerprint density at radius 2 is 1.75 bits per heavy atom. The Balaban J connectivity index is 1.37. The first-order valence-electron chi connectivity index (χ1n) is 11.0. The van der Waals surface area contributed by atoms with E-state index in [1.54, 1.807) is 6.07 Å². The normalized spacial score (nSPS) is 35.0. The van der Waals surface area contributed by atoms with Crippen LogP contribution in [0.2, 0.25) is 0 Å². The van der Waals surface area contributed by atoms with Crippen LogP contribution in [0, 0.1) is 33.3 Å². The van der Waals surface area contributed by atoms with Crippen LogP contribution in [0.15, 0.2) is 18.2 Å². The van der Waals surface area contributed by atoms with Gasteiger partial charge in [-0.2, -0.15) is 0 Å². The molecule has 5 fully saturated rings. The minimum atomic E-state index is -0.222. The molecule has 4 bridgehead atoms. The van der Waals surface area contributed by atoms with E-state index in [1.807, 2.05) is 12.1 Å². The second-order valence-electron chi connectivity index (χ2n) is 9.84. The summed E-state index contributed by atoms with van der Waals surface area (Å²) in [6, 6.07) is 6.03. The number of rotatable bonds is 5. The van der Waals surface area contributed by atoms with Crippen molar-refractivity contribution in [3.63, 3.8) is 0 Å². The Morgan fingerprint density at radius 3 is 2.32 bits per heavy atom. The highest BCUT2D eigenvalue weighted by atomic mass is 16.6. The number of nitrogens with zero attached hydrogens (tertiary/aromatic N) is 2. The Bertz CT molecular complexity index is 724. The number of piperazine rings is 1. The third-order valence-electron chi connectivity index (χ3n) is 8.04. The SMILES string of the molecule is C[C@@H](Nc1ccc(N2CCNCC2)cc1[N+](=O)[O-])C12CC3CC(CC(C3)C1)C2. The molecule has 6 nitrogen and oxygen atoms in total. The average molecular weight is 385 g/mol. The first-order chi connectivity index (χ1) is 13.5. The van der Waals surface area contributed by atoms with Crippen LogP contribution in [-0.2, 0) is 0 Å². The molecule has 4 aliphatic carbocycles. The van der Waals surface area contributed by atoms with Crippen molar-refractivity contribution in [2.75, 3.05) is 36.4 Å². The molecule has 6 heteroatoms. The van der Waals surface area contributed by atoms with Gasteiger partial charge in [0.1, 0.15) is 5.69 Å². The van der Waals surface area contributed by atoms with Crippen LogP contribution in [-0.4, -0.2) is 37.1 Å². The standard InChI is InChI=1S/C22H32N4O2/c1-15(22-12-16-8-17(13-22)10-18(9-16)14-22)24-20-3-2-19(11-21(20)26(27)28)25-6-4-23-5-7-25/h2-3,11,15-18,23-24H,4-10,12-14H2,1H3/t15-,16?,17?,18?,22?/m1/s1. The molecule has 1 atom stereocenters. The average Bonchev–Trinajstić information content (AvgIpc) is 2.67. The van der Waals surface area contributed by atoms with E-state index in [9.17, 15) is 10.1 Å². The molecule has 0 spiro atoms. The van der Waals surface area contributed by atoms with E-state index in [1.165, 1.54) is 38.5 Å². The van der Waals surface area contributed by atoms with Gasteiger partial charge in [-0.1, -0.05) is 0 Å². The smallest absolute Gasteiger partial charge is 0.294 e. The maximum Gasteiger partial charge on any atom is 0.294 e. The van der Waals surface area contributed by atoms with Crippen molar-refractivity contribution in [3.05, 3.63) is 28.3 Å². The Labute approximate surface area is 167 Å². The quantitative estimate of drug-likeness (QED) is 0.593. The number of nitrogens with one attached hydrogen (secondary N) is 2. The van der Waals surface area contributed by atoms with Gasteiger partial charge < -0.3 is 15.5 Å². The van der Waals surface area contributed by atoms with Crippen molar-refractivity contribution in [1.29, 1.82) is 0 Å². The zero-order valence-electron chi connectivity index (χ0n) is 16.8. The van der Waals surface area contributed by atoms with Gasteiger partial charge in [0.25, 0.3) is 5.69 Å². The first kappa shape index (κ1) is 18.2. The zero-order chi connectivity index (χ0) is 19.3. The van der Waals surface area contributed by atoms with E-state index < -0.39 is 0 Å². The molecular formula is C22H32N4O2. The molecule has 0 amide bonds. The lowest BCUT2D eigenvalue weighted by molar-refractivity contribution is -0.383. The van der Waals surface area contributed by atoms with Gasteiger partial charge in [0.15, 0.2) is 0 Å². The number of benzene rings is 1. The van der Waals surface area contributed by atoms with E-state index in [4.69, 9.17) is 0 Å². The molecule has 6 rings (SSSR count). The summed E-state index contributed by atoms with van der Waals surface area (Å²) in [5.74, 6) is 2.67. The summed E-state index contributed by atoms with van der Waals surface area (Å²) < 4.78 is 0. The van der Waals surface area contributed by atoms with Crippen LogP contribution in [0.3, 0.4) is 0 Å². The highest BCUT2D eigenvalue weighted by Gasteiger charge is 2.53. The lowest BCUT2D eigenvalue weighted by Gasteiger charge is -2.59. The molecule has 1 aromatic rings. The first-order valence-corrected chi connectivity index (χ1v) is 11.0. The summed E-state index contributed by atoms with van der Waals surface area (Å²) >= 11 is 0. The molecule has 152 valence electrons. The molecule has 0 radical (unpaired) electrons. The summed E-state index contributed by atoms with van der Waals surface area (Å²) in [5, 5.41) is 18.8. The molecule has 28 heavy (non-hydrogen) atoms. The predicted molar refractivity (Wildman–Crippen MR) is 112 cm³/mol. The lowest BCUT2D eigenvalue weighted by Crippen LogP contribution is -2.52. The summed E-state index contributed by atoms with van der Waals surface area (Å²) in [4.78, 5) is 13.8. The second kappa shape index (κ2) is 6.90. The number of hydrogen-bond donors (Lipinski definition) is 2. The summed E-state index contributed by atoms with van der Waals surface area (Å²) in [6.45, 7) is 5.91. The molecule has 4 saturated carbocycles. The highest BCUT2D eigenvalue weighted by Crippen LogP contribution is 2.61. The van der Waals surface area contributed by atoms with Crippen LogP contribution in [0.5, 0.6) is 0 Å².